The van der Waals surface area contributed by atoms with E-state index in [1.54, 1.807) is 0 Å². The number of hydrogen-bond acceptors (Lipinski definition) is 1. The monoisotopic (exact) mass is 875 g/mol. The number of para-hydroxylation sites is 1. The van der Waals surface area contributed by atoms with E-state index in [0.29, 0.717) is 0 Å². The van der Waals surface area contributed by atoms with Crippen molar-refractivity contribution >= 4 is 70.9 Å². The van der Waals surface area contributed by atoms with Crippen LogP contribution in [0.4, 0.5) is 17.1 Å². The summed E-state index contributed by atoms with van der Waals surface area (Å²) in [5.41, 5.74) is 15.3. The number of hydrogen-bond donors (Lipinski definition) is 0. The fourth-order valence-corrected chi connectivity index (χ4v) is 10.9. The maximum atomic E-state index is 2.45. The molecule has 0 aliphatic carbocycles. The van der Waals surface area contributed by atoms with Gasteiger partial charge in [-0.05, 0) is 140 Å². The highest BCUT2D eigenvalue weighted by molar-refractivity contribution is 6.22. The fraction of sp³-hybridized carbons (Fsp3) is 0. The van der Waals surface area contributed by atoms with Gasteiger partial charge in [-0.25, -0.2) is 0 Å². The molecule has 0 N–H and O–H groups in total. The summed E-state index contributed by atoms with van der Waals surface area (Å²) in [5, 5.41) is 12.5. The van der Waals surface area contributed by atoms with Crippen LogP contribution in [0.2, 0.25) is 0 Å². The van der Waals surface area contributed by atoms with Crippen LogP contribution in [0.1, 0.15) is 0 Å². The SMILES string of the molecule is c1ccc(-c2c(-c3ccccc3)c3cc(-c4ccccc4N(c4ccc(-c5cccc6c5ccc5ccccc56)cc4)c4cccc(-c5cccc6ccccc56)c4)ccc3c3ccccc23)cc1. The van der Waals surface area contributed by atoms with E-state index in [-0.39, 0.29) is 0 Å². The molecule has 0 aliphatic heterocycles. The predicted octanol–water partition coefficient (Wildman–Crippen LogP) is 19.3. The molecule has 0 saturated heterocycles. The van der Waals surface area contributed by atoms with Crippen LogP contribution in [0, 0.1) is 0 Å². The number of anilines is 3. The van der Waals surface area contributed by atoms with Gasteiger partial charge in [0.2, 0.25) is 0 Å². The molecule has 1 heteroatoms. The summed E-state index contributed by atoms with van der Waals surface area (Å²) in [6.07, 6.45) is 0. The lowest BCUT2D eigenvalue weighted by atomic mass is 9.84. The molecule has 13 aromatic rings. The lowest BCUT2D eigenvalue weighted by Gasteiger charge is -2.29. The number of benzene rings is 13. The average Bonchev–Trinajstić information content (AvgIpc) is 3.43. The van der Waals surface area contributed by atoms with Gasteiger partial charge in [0.1, 0.15) is 0 Å². The van der Waals surface area contributed by atoms with Crippen LogP contribution in [0.5, 0.6) is 0 Å². The van der Waals surface area contributed by atoms with E-state index in [1.165, 1.54) is 98.4 Å². The Morgan fingerprint density at radius 3 is 1.43 bits per heavy atom. The molecule has 13 aromatic carbocycles. The van der Waals surface area contributed by atoms with Crippen LogP contribution in [-0.4, -0.2) is 0 Å². The van der Waals surface area contributed by atoms with Gasteiger partial charge in [-0.15, -0.1) is 0 Å². The summed E-state index contributed by atoms with van der Waals surface area (Å²) in [6, 6.07) is 100. The summed E-state index contributed by atoms with van der Waals surface area (Å²) in [4.78, 5) is 2.45. The highest BCUT2D eigenvalue weighted by Gasteiger charge is 2.22. The number of rotatable bonds is 8. The van der Waals surface area contributed by atoms with Crippen LogP contribution < -0.4 is 4.90 Å². The Hall–Kier alpha value is -9.04. The van der Waals surface area contributed by atoms with Gasteiger partial charge in [0, 0.05) is 16.9 Å². The molecule has 1 nitrogen and oxygen atoms in total. The molecule has 0 heterocycles. The van der Waals surface area contributed by atoms with E-state index in [1.807, 2.05) is 0 Å². The van der Waals surface area contributed by atoms with Gasteiger partial charge in [-0.2, -0.15) is 0 Å². The van der Waals surface area contributed by atoms with Crippen molar-refractivity contribution in [3.63, 3.8) is 0 Å². The van der Waals surface area contributed by atoms with Crippen molar-refractivity contribution in [3.8, 4) is 55.6 Å². The molecule has 69 heavy (non-hydrogen) atoms. The van der Waals surface area contributed by atoms with Crippen LogP contribution in [0.25, 0.3) is 109 Å². The Bertz CT molecular complexity index is 4050. The minimum atomic E-state index is 1.08. The predicted molar refractivity (Wildman–Crippen MR) is 296 cm³/mol. The first-order valence-corrected chi connectivity index (χ1v) is 23.8. The molecule has 13 rings (SSSR count). The van der Waals surface area contributed by atoms with E-state index in [0.717, 1.165) is 28.2 Å². The van der Waals surface area contributed by atoms with Gasteiger partial charge < -0.3 is 4.90 Å². The summed E-state index contributed by atoms with van der Waals surface area (Å²) in [5.74, 6) is 0. The molecule has 0 amide bonds. The first-order valence-electron chi connectivity index (χ1n) is 23.8. The largest absolute Gasteiger partial charge is 0.310 e. The highest BCUT2D eigenvalue weighted by Crippen LogP contribution is 2.48. The van der Waals surface area contributed by atoms with E-state index < -0.39 is 0 Å². The summed E-state index contributed by atoms with van der Waals surface area (Å²) in [7, 11) is 0. The Kier molecular flexibility index (Phi) is 9.91. The average molecular weight is 876 g/mol. The van der Waals surface area contributed by atoms with Gasteiger partial charge in [0.05, 0.1) is 5.69 Å². The number of fused-ring (bicyclic) bond motifs is 7. The molecule has 0 spiro atoms. The Morgan fingerprint density at radius 1 is 0.203 bits per heavy atom. The molecule has 0 aliphatic rings. The fourth-order valence-electron chi connectivity index (χ4n) is 10.9. The minimum Gasteiger partial charge on any atom is -0.310 e. The van der Waals surface area contributed by atoms with Gasteiger partial charge in [0.15, 0.2) is 0 Å². The Labute approximate surface area is 402 Å². The maximum Gasteiger partial charge on any atom is 0.0540 e. The van der Waals surface area contributed by atoms with Crippen molar-refractivity contribution in [1.82, 2.24) is 0 Å². The van der Waals surface area contributed by atoms with E-state index in [9.17, 15) is 0 Å². The second-order valence-corrected chi connectivity index (χ2v) is 18.0. The van der Waals surface area contributed by atoms with Crippen LogP contribution in [0.3, 0.4) is 0 Å². The Balaban J connectivity index is 1.02. The summed E-state index contributed by atoms with van der Waals surface area (Å²) in [6.45, 7) is 0. The van der Waals surface area contributed by atoms with E-state index in [4.69, 9.17) is 0 Å². The highest BCUT2D eigenvalue weighted by atomic mass is 15.1. The van der Waals surface area contributed by atoms with Crippen molar-refractivity contribution in [2.75, 3.05) is 4.90 Å². The third kappa shape index (κ3) is 7.03. The second-order valence-electron chi connectivity index (χ2n) is 18.0. The van der Waals surface area contributed by atoms with Crippen LogP contribution >= 0.6 is 0 Å². The molecular weight excluding hydrogens is 831 g/mol. The quantitative estimate of drug-likeness (QED) is 0.138. The van der Waals surface area contributed by atoms with Crippen molar-refractivity contribution < 1.29 is 0 Å². The molecule has 0 fully saturated rings. The van der Waals surface area contributed by atoms with E-state index >= 15 is 0 Å². The standard InChI is InChI=1S/C68H45N/c1-3-20-49(21-4-1)67-64-31-12-11-30-61(64)63-43-39-52(45-65(63)68(67)50-22-5-2-6-23-50)59-29-13-14-35-66(59)69(54-26-15-25-51(44-54)58-32-16-24-46-18-7-9-27-55(46)58)53-40-36-48(37-41-53)57-33-17-34-60-56-28-10-8-19-47(56)38-42-62(57)60/h1-45H. The van der Waals surface area contributed by atoms with Gasteiger partial charge in [0.25, 0.3) is 0 Å². The molecule has 0 radical (unpaired) electrons. The lowest BCUT2D eigenvalue weighted by molar-refractivity contribution is 1.28. The molecule has 0 aromatic heterocycles. The molecule has 322 valence electrons. The van der Waals surface area contributed by atoms with Crippen molar-refractivity contribution in [1.29, 1.82) is 0 Å². The van der Waals surface area contributed by atoms with Crippen molar-refractivity contribution in [3.05, 3.63) is 273 Å². The maximum absolute atomic E-state index is 2.45. The lowest BCUT2D eigenvalue weighted by Crippen LogP contribution is -2.11. The van der Waals surface area contributed by atoms with Gasteiger partial charge in [-0.3, -0.25) is 0 Å². The minimum absolute atomic E-state index is 1.08. The summed E-state index contributed by atoms with van der Waals surface area (Å²) < 4.78 is 0. The van der Waals surface area contributed by atoms with Gasteiger partial charge >= 0.3 is 0 Å². The normalized spacial score (nSPS) is 11.5. The molecule has 0 bridgehead atoms. The zero-order chi connectivity index (χ0) is 45.7. The molecule has 0 unspecified atom stereocenters. The van der Waals surface area contributed by atoms with Crippen LogP contribution in [-0.2, 0) is 0 Å². The molecule has 0 saturated carbocycles. The first-order chi connectivity index (χ1) is 34.2. The molecule has 0 atom stereocenters. The van der Waals surface area contributed by atoms with E-state index in [2.05, 4.69) is 278 Å². The molecular formula is C68H45N. The van der Waals surface area contributed by atoms with Crippen LogP contribution in [0.15, 0.2) is 273 Å². The first kappa shape index (κ1) is 40.3. The number of nitrogens with zero attached hydrogens (tertiary/aromatic N) is 1. The Morgan fingerprint density at radius 2 is 0.667 bits per heavy atom. The summed E-state index contributed by atoms with van der Waals surface area (Å²) >= 11 is 0. The van der Waals surface area contributed by atoms with Gasteiger partial charge in [-0.1, -0.05) is 237 Å². The third-order valence-corrected chi connectivity index (χ3v) is 14.0. The van der Waals surface area contributed by atoms with Crippen molar-refractivity contribution in [2.45, 2.75) is 0 Å². The smallest absolute Gasteiger partial charge is 0.0540 e. The second kappa shape index (κ2) is 17.0. The van der Waals surface area contributed by atoms with Crippen molar-refractivity contribution in [2.24, 2.45) is 0 Å². The topological polar surface area (TPSA) is 3.24 Å². The third-order valence-electron chi connectivity index (χ3n) is 14.0. The zero-order valence-corrected chi connectivity index (χ0v) is 37.9. The zero-order valence-electron chi connectivity index (χ0n) is 37.9.